The van der Waals surface area contributed by atoms with Gasteiger partial charge in [-0.3, -0.25) is 9.97 Å². The first-order valence-corrected chi connectivity index (χ1v) is 13.2. The summed E-state index contributed by atoms with van der Waals surface area (Å²) < 4.78 is 8.45. The molecule has 188 valence electrons. The first-order valence-electron chi connectivity index (χ1n) is 13.2. The zero-order valence-electron chi connectivity index (χ0n) is 21.4. The summed E-state index contributed by atoms with van der Waals surface area (Å²) in [5.41, 5.74) is 9.84. The van der Waals surface area contributed by atoms with Gasteiger partial charge in [-0.2, -0.15) is 0 Å². The Kier molecular flexibility index (Phi) is 5.07. The topological polar surface area (TPSA) is 56.7 Å². The molecule has 40 heavy (non-hydrogen) atoms. The third kappa shape index (κ3) is 3.68. The number of para-hydroxylation sites is 2. The fraction of sp³-hybridized carbons (Fsp3) is 0. The van der Waals surface area contributed by atoms with Gasteiger partial charge in [-0.15, -0.1) is 0 Å². The Morgan fingerprint density at radius 3 is 2.05 bits per heavy atom. The van der Waals surface area contributed by atoms with Crippen molar-refractivity contribution in [3.05, 3.63) is 134 Å². The number of benzene rings is 4. The van der Waals surface area contributed by atoms with E-state index in [1.807, 2.05) is 73.1 Å². The summed E-state index contributed by atoms with van der Waals surface area (Å²) in [6, 6.07) is 41.4. The zero-order chi connectivity index (χ0) is 26.5. The minimum absolute atomic E-state index is 0.608. The molecule has 8 aromatic rings. The van der Waals surface area contributed by atoms with Gasteiger partial charge < -0.3 is 8.98 Å². The van der Waals surface area contributed by atoms with Gasteiger partial charge in [0.15, 0.2) is 5.58 Å². The van der Waals surface area contributed by atoms with Crippen molar-refractivity contribution in [1.82, 2.24) is 19.5 Å². The molecular weight excluding hydrogens is 492 g/mol. The van der Waals surface area contributed by atoms with Crippen molar-refractivity contribution in [2.75, 3.05) is 0 Å². The maximum atomic E-state index is 6.14. The molecule has 5 nitrogen and oxygen atoms in total. The van der Waals surface area contributed by atoms with Crippen LogP contribution in [0.1, 0.15) is 0 Å². The lowest BCUT2D eigenvalue weighted by Gasteiger charge is -2.11. The average Bonchev–Trinajstić information content (AvgIpc) is 3.61. The summed E-state index contributed by atoms with van der Waals surface area (Å²) in [4.78, 5) is 13.9. The summed E-state index contributed by atoms with van der Waals surface area (Å²) in [6.07, 6.45) is 3.66. The van der Waals surface area contributed by atoms with E-state index in [4.69, 9.17) is 9.40 Å². The molecule has 4 heterocycles. The van der Waals surface area contributed by atoms with E-state index in [1.54, 1.807) is 0 Å². The van der Waals surface area contributed by atoms with Crippen molar-refractivity contribution in [1.29, 1.82) is 0 Å². The molecule has 0 saturated carbocycles. The summed E-state index contributed by atoms with van der Waals surface area (Å²) in [5, 5.41) is 2.31. The van der Waals surface area contributed by atoms with Gasteiger partial charge in [0, 0.05) is 45.5 Å². The molecule has 0 aliphatic heterocycles. The summed E-state index contributed by atoms with van der Waals surface area (Å²) in [7, 11) is 0. The molecule has 0 aliphatic rings. The van der Waals surface area contributed by atoms with E-state index in [0.29, 0.717) is 5.89 Å². The number of aromatic nitrogens is 4. The molecule has 0 saturated heterocycles. The molecule has 4 aromatic carbocycles. The van der Waals surface area contributed by atoms with E-state index in [-0.39, 0.29) is 0 Å². The second-order valence-corrected chi connectivity index (χ2v) is 9.77. The summed E-state index contributed by atoms with van der Waals surface area (Å²) in [5.74, 6) is 0.608. The second kappa shape index (κ2) is 9.03. The maximum Gasteiger partial charge on any atom is 0.227 e. The van der Waals surface area contributed by atoms with Crippen molar-refractivity contribution in [3.8, 4) is 39.7 Å². The third-order valence-electron chi connectivity index (χ3n) is 7.33. The monoisotopic (exact) mass is 514 g/mol. The highest BCUT2D eigenvalue weighted by molar-refractivity contribution is 6.11. The summed E-state index contributed by atoms with van der Waals surface area (Å²) in [6.45, 7) is 0. The van der Waals surface area contributed by atoms with E-state index < -0.39 is 0 Å². The highest BCUT2D eigenvalue weighted by Gasteiger charge is 2.17. The van der Waals surface area contributed by atoms with Crippen LogP contribution in [-0.2, 0) is 0 Å². The van der Waals surface area contributed by atoms with Gasteiger partial charge in [-0.05, 0) is 72.8 Å². The Balaban J connectivity index is 1.39. The molecule has 0 N–H and O–H groups in total. The molecular formula is C35H22N4O. The van der Waals surface area contributed by atoms with Crippen LogP contribution in [0.3, 0.4) is 0 Å². The smallest absolute Gasteiger partial charge is 0.227 e. The largest absolute Gasteiger partial charge is 0.436 e. The van der Waals surface area contributed by atoms with Crippen LogP contribution in [0, 0.1) is 0 Å². The quantitative estimate of drug-likeness (QED) is 0.236. The highest BCUT2D eigenvalue weighted by Crippen LogP contribution is 2.37. The van der Waals surface area contributed by atoms with E-state index in [0.717, 1.165) is 66.7 Å². The Morgan fingerprint density at radius 1 is 0.525 bits per heavy atom. The first kappa shape index (κ1) is 22.4. The summed E-state index contributed by atoms with van der Waals surface area (Å²) >= 11 is 0. The molecule has 0 spiro atoms. The van der Waals surface area contributed by atoms with Crippen LogP contribution >= 0.6 is 0 Å². The van der Waals surface area contributed by atoms with E-state index in [1.165, 1.54) is 0 Å². The lowest BCUT2D eigenvalue weighted by atomic mass is 10.1. The minimum Gasteiger partial charge on any atom is -0.436 e. The van der Waals surface area contributed by atoms with Crippen LogP contribution in [0.25, 0.3) is 72.6 Å². The van der Waals surface area contributed by atoms with Gasteiger partial charge in [0.25, 0.3) is 0 Å². The van der Waals surface area contributed by atoms with Gasteiger partial charge >= 0.3 is 0 Å². The number of oxazole rings is 1. The fourth-order valence-corrected chi connectivity index (χ4v) is 5.46. The van der Waals surface area contributed by atoms with Crippen LogP contribution in [0.5, 0.6) is 0 Å². The number of pyridine rings is 2. The lowest BCUT2D eigenvalue weighted by Crippen LogP contribution is -1.95. The molecule has 0 aliphatic carbocycles. The third-order valence-corrected chi connectivity index (χ3v) is 7.33. The molecule has 0 fully saturated rings. The first-order chi connectivity index (χ1) is 19.8. The SMILES string of the molecule is c1ccc(-c2cccc(-n3c4ccc(-c5ccccn5)cc4c4ccc(-c5nc6ccccc6o5)cc43)c2)nc1. The van der Waals surface area contributed by atoms with Gasteiger partial charge in [0.1, 0.15) is 5.52 Å². The average molecular weight is 515 g/mol. The van der Waals surface area contributed by atoms with Crippen molar-refractivity contribution in [2.24, 2.45) is 0 Å². The van der Waals surface area contributed by atoms with Crippen molar-refractivity contribution < 1.29 is 4.42 Å². The number of rotatable bonds is 4. The zero-order valence-corrected chi connectivity index (χ0v) is 21.4. The number of hydrogen-bond acceptors (Lipinski definition) is 4. The van der Waals surface area contributed by atoms with Crippen LogP contribution in [0.2, 0.25) is 0 Å². The molecule has 0 atom stereocenters. The van der Waals surface area contributed by atoms with Crippen molar-refractivity contribution in [2.45, 2.75) is 0 Å². The molecule has 4 aromatic heterocycles. The van der Waals surface area contributed by atoms with E-state index in [2.05, 4.69) is 75.2 Å². The Labute approximate surface area is 230 Å². The second-order valence-electron chi connectivity index (χ2n) is 9.77. The van der Waals surface area contributed by atoms with Crippen LogP contribution < -0.4 is 0 Å². The van der Waals surface area contributed by atoms with Crippen molar-refractivity contribution in [3.63, 3.8) is 0 Å². The minimum atomic E-state index is 0.608. The van der Waals surface area contributed by atoms with E-state index in [9.17, 15) is 0 Å². The molecule has 5 heteroatoms. The predicted octanol–water partition coefficient (Wildman–Crippen LogP) is 8.72. The number of hydrogen-bond donors (Lipinski definition) is 0. The molecule has 0 radical (unpaired) electrons. The normalized spacial score (nSPS) is 11.5. The van der Waals surface area contributed by atoms with Crippen LogP contribution in [-0.4, -0.2) is 19.5 Å². The van der Waals surface area contributed by atoms with Crippen molar-refractivity contribution >= 4 is 32.9 Å². The van der Waals surface area contributed by atoms with Gasteiger partial charge in [-0.25, -0.2) is 4.98 Å². The molecule has 0 unspecified atom stereocenters. The fourth-order valence-electron chi connectivity index (χ4n) is 5.46. The molecule has 0 amide bonds. The lowest BCUT2D eigenvalue weighted by molar-refractivity contribution is 0.620. The standard InChI is InChI=1S/C35H22N4O/c1-2-13-34-31(12-1)38-35(40-34)25-14-16-27-28-21-24(30-11-4-6-19-37-30)15-17-32(28)39(33(27)22-25)26-9-7-8-23(20-26)29-10-3-5-18-36-29/h1-22H. The number of fused-ring (bicyclic) bond motifs is 4. The number of nitrogens with zero attached hydrogens (tertiary/aromatic N) is 4. The van der Waals surface area contributed by atoms with Crippen LogP contribution in [0.15, 0.2) is 138 Å². The Morgan fingerprint density at radius 2 is 1.27 bits per heavy atom. The van der Waals surface area contributed by atoms with Gasteiger partial charge in [0.2, 0.25) is 5.89 Å². The molecule has 0 bridgehead atoms. The predicted molar refractivity (Wildman–Crippen MR) is 160 cm³/mol. The Hall–Kier alpha value is -5.55. The van der Waals surface area contributed by atoms with Gasteiger partial charge in [0.05, 0.1) is 22.4 Å². The van der Waals surface area contributed by atoms with E-state index >= 15 is 0 Å². The molecule has 8 rings (SSSR count). The highest BCUT2D eigenvalue weighted by atomic mass is 16.3. The maximum absolute atomic E-state index is 6.14. The van der Waals surface area contributed by atoms with Crippen LogP contribution in [0.4, 0.5) is 0 Å². The van der Waals surface area contributed by atoms with Gasteiger partial charge in [-0.1, -0.05) is 48.5 Å². The Bertz CT molecular complexity index is 2130.